The summed E-state index contributed by atoms with van der Waals surface area (Å²) in [6, 6.07) is 7.01. The summed E-state index contributed by atoms with van der Waals surface area (Å²) in [6.07, 6.45) is -0.780. The molecule has 1 N–H and O–H groups in total. The number of methoxy groups -OCH3 is 1. The molecule has 0 radical (unpaired) electrons. The number of fused-ring (bicyclic) bond motifs is 1. The first-order valence-electron chi connectivity index (χ1n) is 8.91. The molecule has 0 aliphatic carbocycles. The van der Waals surface area contributed by atoms with Crippen molar-refractivity contribution in [3.63, 3.8) is 0 Å². The van der Waals surface area contributed by atoms with E-state index in [2.05, 4.69) is 15.0 Å². The molecule has 1 aromatic heterocycles. The number of H-pyrrole nitrogens is 1. The highest BCUT2D eigenvalue weighted by Crippen LogP contribution is 2.48. The molecule has 2 saturated heterocycles. The summed E-state index contributed by atoms with van der Waals surface area (Å²) in [5.41, 5.74) is 7.31. The Balaban J connectivity index is 1.60. The van der Waals surface area contributed by atoms with Crippen LogP contribution in [0.2, 0.25) is 0 Å². The fourth-order valence-electron chi connectivity index (χ4n) is 3.56. The van der Waals surface area contributed by atoms with Crippen LogP contribution in [0.3, 0.4) is 0 Å². The molecule has 2 aromatic rings. The number of aromatic amines is 1. The van der Waals surface area contributed by atoms with E-state index in [0.717, 1.165) is 0 Å². The smallest absolute Gasteiger partial charge is 0.330 e. The van der Waals surface area contributed by atoms with Gasteiger partial charge in [0.15, 0.2) is 6.23 Å². The van der Waals surface area contributed by atoms with Crippen molar-refractivity contribution < 1.29 is 18.9 Å². The van der Waals surface area contributed by atoms with Crippen molar-refractivity contribution >= 4 is 0 Å². The molecule has 152 valence electrons. The van der Waals surface area contributed by atoms with Crippen LogP contribution < -0.4 is 20.7 Å². The van der Waals surface area contributed by atoms with Crippen LogP contribution in [-0.2, 0) is 9.47 Å². The lowest BCUT2D eigenvalue weighted by molar-refractivity contribution is -0.138. The zero-order valence-electron chi connectivity index (χ0n) is 15.8. The summed E-state index contributed by atoms with van der Waals surface area (Å²) in [4.78, 5) is 29.1. The third-order valence-electron chi connectivity index (χ3n) is 5.22. The van der Waals surface area contributed by atoms with Crippen molar-refractivity contribution in [3.05, 3.63) is 67.3 Å². The third kappa shape index (κ3) is 3.15. The molecule has 1 aromatic carbocycles. The van der Waals surface area contributed by atoms with Gasteiger partial charge in [0.2, 0.25) is 0 Å². The fraction of sp³-hybridized carbons (Fsp3) is 0.444. The van der Waals surface area contributed by atoms with Crippen LogP contribution in [0.1, 0.15) is 11.8 Å². The first-order valence-corrected chi connectivity index (χ1v) is 8.91. The number of hydrogen-bond donors (Lipinski definition) is 1. The summed E-state index contributed by atoms with van der Waals surface area (Å²) in [5.74, 6) is 1.28. The maximum atomic E-state index is 12.3. The van der Waals surface area contributed by atoms with Crippen molar-refractivity contribution in [3.8, 4) is 11.5 Å². The normalized spacial score (nSPS) is 27.4. The van der Waals surface area contributed by atoms with Crippen molar-refractivity contribution in [1.29, 1.82) is 0 Å². The van der Waals surface area contributed by atoms with Crippen molar-refractivity contribution in [2.75, 3.05) is 20.3 Å². The first kappa shape index (κ1) is 19.1. The summed E-state index contributed by atoms with van der Waals surface area (Å²) >= 11 is 0. The molecule has 29 heavy (non-hydrogen) atoms. The van der Waals surface area contributed by atoms with Gasteiger partial charge in [-0.05, 0) is 36.7 Å². The molecular formula is C18H19N5O6. The Morgan fingerprint density at radius 1 is 1.34 bits per heavy atom. The van der Waals surface area contributed by atoms with Gasteiger partial charge >= 0.3 is 5.69 Å². The van der Waals surface area contributed by atoms with Gasteiger partial charge in [0.05, 0.1) is 13.7 Å². The predicted octanol–water partition coefficient (Wildman–Crippen LogP) is 1.28. The minimum atomic E-state index is -1.00. The lowest BCUT2D eigenvalue weighted by Gasteiger charge is -2.43. The van der Waals surface area contributed by atoms with Gasteiger partial charge in [-0.25, -0.2) is 4.79 Å². The minimum absolute atomic E-state index is 0.0821. The van der Waals surface area contributed by atoms with Crippen LogP contribution in [-0.4, -0.2) is 47.6 Å². The van der Waals surface area contributed by atoms with Crippen LogP contribution in [0.25, 0.3) is 10.4 Å². The Morgan fingerprint density at radius 3 is 2.69 bits per heavy atom. The van der Waals surface area contributed by atoms with Gasteiger partial charge in [-0.3, -0.25) is 14.3 Å². The Kier molecular flexibility index (Phi) is 4.79. The zero-order valence-corrected chi connectivity index (χ0v) is 15.8. The second kappa shape index (κ2) is 7.28. The lowest BCUT2D eigenvalue weighted by atomic mass is 9.85. The molecule has 0 spiro atoms. The molecule has 11 heteroatoms. The second-order valence-electron chi connectivity index (χ2n) is 6.89. The third-order valence-corrected chi connectivity index (χ3v) is 5.22. The van der Waals surface area contributed by atoms with Gasteiger partial charge in [0, 0.05) is 16.7 Å². The fourth-order valence-corrected chi connectivity index (χ4v) is 3.56. The monoisotopic (exact) mass is 401 g/mol. The molecular weight excluding hydrogens is 382 g/mol. The number of ether oxygens (including phenoxy) is 4. The van der Waals surface area contributed by atoms with E-state index in [9.17, 15) is 9.59 Å². The molecule has 4 rings (SSSR count). The first-order chi connectivity index (χ1) is 14.0. The molecule has 0 saturated carbocycles. The molecule has 11 nitrogen and oxygen atoms in total. The van der Waals surface area contributed by atoms with Gasteiger partial charge in [0.25, 0.3) is 5.56 Å². The van der Waals surface area contributed by atoms with Crippen molar-refractivity contribution in [2.45, 2.75) is 30.9 Å². The van der Waals surface area contributed by atoms with E-state index in [1.54, 1.807) is 38.3 Å². The SMILES string of the molecule is COc1ccc(OC[C@H]2O[C@H](n3cc(C)c(=O)[nH]c3=O)[C@H]3OC[C@]32N=[N+]=[N-])cc1. The summed E-state index contributed by atoms with van der Waals surface area (Å²) in [6.45, 7) is 1.81. The highest BCUT2D eigenvalue weighted by atomic mass is 16.6. The van der Waals surface area contributed by atoms with Crippen LogP contribution >= 0.6 is 0 Å². The van der Waals surface area contributed by atoms with Crippen LogP contribution in [0.15, 0.2) is 45.2 Å². The van der Waals surface area contributed by atoms with Gasteiger partial charge in [-0.15, -0.1) is 0 Å². The minimum Gasteiger partial charge on any atom is -0.497 e. The van der Waals surface area contributed by atoms with Crippen LogP contribution in [0, 0.1) is 6.92 Å². The molecule has 2 aliphatic rings. The number of hydrogen-bond acceptors (Lipinski definition) is 7. The van der Waals surface area contributed by atoms with Crippen molar-refractivity contribution in [1.82, 2.24) is 9.55 Å². The standard InChI is InChI=1S/C18H19N5O6/c1-10-7-23(17(25)20-15(10)24)16-14-18(9-28-14,21-22-19)13(29-16)8-27-12-5-3-11(26-2)4-6-12/h3-7,13-14,16H,8-9H2,1-2H3,(H,20,24,25)/t13-,14-,16+,18-/m1/s1. The quantitative estimate of drug-likeness (QED) is 0.439. The van der Waals surface area contributed by atoms with Gasteiger partial charge in [0.1, 0.15) is 35.9 Å². The number of rotatable bonds is 6. The van der Waals surface area contributed by atoms with E-state index < -0.39 is 35.2 Å². The van der Waals surface area contributed by atoms with E-state index in [-0.39, 0.29) is 13.2 Å². The predicted molar refractivity (Wildman–Crippen MR) is 100 cm³/mol. The second-order valence-corrected chi connectivity index (χ2v) is 6.89. The van der Waals surface area contributed by atoms with Gasteiger partial charge < -0.3 is 18.9 Å². The molecule has 3 heterocycles. The maximum Gasteiger partial charge on any atom is 0.330 e. The lowest BCUT2D eigenvalue weighted by Crippen LogP contribution is -2.61. The molecule has 0 bridgehead atoms. The Labute approximate surface area is 164 Å². The average molecular weight is 401 g/mol. The number of aryl methyl sites for hydroxylation is 1. The largest absolute Gasteiger partial charge is 0.497 e. The molecule has 2 aliphatic heterocycles. The highest BCUT2D eigenvalue weighted by molar-refractivity contribution is 5.31. The summed E-state index contributed by atoms with van der Waals surface area (Å²) in [7, 11) is 1.57. The molecule has 4 atom stereocenters. The Bertz CT molecular complexity index is 1070. The molecule has 0 unspecified atom stereocenters. The average Bonchev–Trinajstić information content (AvgIpc) is 2.90. The van der Waals surface area contributed by atoms with E-state index in [0.29, 0.717) is 17.1 Å². The number of aromatic nitrogens is 2. The number of benzene rings is 1. The van der Waals surface area contributed by atoms with Crippen molar-refractivity contribution in [2.24, 2.45) is 5.11 Å². The van der Waals surface area contributed by atoms with E-state index in [1.165, 1.54) is 10.8 Å². The van der Waals surface area contributed by atoms with E-state index in [1.807, 2.05) is 0 Å². The Morgan fingerprint density at radius 2 is 2.07 bits per heavy atom. The molecule has 0 amide bonds. The van der Waals surface area contributed by atoms with Crippen LogP contribution in [0.4, 0.5) is 0 Å². The van der Waals surface area contributed by atoms with E-state index in [4.69, 9.17) is 24.5 Å². The number of nitrogens with one attached hydrogen (secondary N) is 1. The van der Waals surface area contributed by atoms with Crippen LogP contribution in [0.5, 0.6) is 11.5 Å². The highest BCUT2D eigenvalue weighted by Gasteiger charge is 2.64. The molecule has 2 fully saturated rings. The summed E-state index contributed by atoms with van der Waals surface area (Å²) in [5, 5.41) is 3.93. The number of nitrogens with zero attached hydrogens (tertiary/aromatic N) is 4. The van der Waals surface area contributed by atoms with Gasteiger partial charge in [-0.1, -0.05) is 5.11 Å². The maximum absolute atomic E-state index is 12.3. The zero-order chi connectivity index (χ0) is 20.6. The topological polar surface area (TPSA) is 141 Å². The Hall–Kier alpha value is -3.27. The van der Waals surface area contributed by atoms with Gasteiger partial charge in [-0.2, -0.15) is 0 Å². The number of azide groups is 1. The summed E-state index contributed by atoms with van der Waals surface area (Å²) < 4.78 is 23.8. The van der Waals surface area contributed by atoms with E-state index >= 15 is 0 Å².